The Morgan fingerprint density at radius 1 is 1.33 bits per heavy atom. The van der Waals surface area contributed by atoms with Crippen LogP contribution < -0.4 is 5.69 Å². The molecule has 3 rings (SSSR count). The number of H-pyrrole nitrogens is 2. The molecule has 0 saturated heterocycles. The molecule has 0 unspecified atom stereocenters. The fourth-order valence-electron chi connectivity index (χ4n) is 1.82. The van der Waals surface area contributed by atoms with Crippen LogP contribution in [0, 0.1) is 0 Å². The van der Waals surface area contributed by atoms with Crippen molar-refractivity contribution < 1.29 is 5.11 Å². The van der Waals surface area contributed by atoms with E-state index in [-0.39, 0.29) is 5.88 Å². The third-order valence-corrected chi connectivity index (χ3v) is 3.14. The first-order valence-corrected chi connectivity index (χ1v) is 6.00. The number of aromatic nitrogens is 2. The molecule has 0 amide bonds. The molecular formula is C12H8BrN3O2. The highest BCUT2D eigenvalue weighted by atomic mass is 79.9. The van der Waals surface area contributed by atoms with Gasteiger partial charge in [0.1, 0.15) is 5.69 Å². The third-order valence-electron chi connectivity index (χ3n) is 2.65. The second-order valence-electron chi connectivity index (χ2n) is 3.86. The fraction of sp³-hybridized carbons (Fsp3) is 0. The highest BCUT2D eigenvalue weighted by molar-refractivity contribution is 9.10. The van der Waals surface area contributed by atoms with Gasteiger partial charge < -0.3 is 10.1 Å². The molecule has 5 nitrogen and oxygen atoms in total. The molecule has 6 heteroatoms. The predicted octanol–water partition coefficient (Wildman–Crippen LogP) is 2.43. The van der Waals surface area contributed by atoms with Crippen molar-refractivity contribution in [2.24, 2.45) is 4.99 Å². The second-order valence-corrected chi connectivity index (χ2v) is 4.78. The standard InChI is InChI=1S/C12H8BrN3O2/c13-7-1-2-9-8(4-7)6(5-14-9)3-10-11(17)16-12(18)15-10/h1-5,17H,(H2,15,16,18)/b6-3-. The summed E-state index contributed by atoms with van der Waals surface area (Å²) in [4.78, 5) is 20.1. The van der Waals surface area contributed by atoms with E-state index in [9.17, 15) is 9.90 Å². The number of hydrogen-bond acceptors (Lipinski definition) is 3. The molecule has 3 N–H and O–H groups in total. The second kappa shape index (κ2) is 3.99. The Bertz CT molecular complexity index is 740. The van der Waals surface area contributed by atoms with Gasteiger partial charge in [0.15, 0.2) is 0 Å². The SMILES string of the molecule is O=c1[nH]c(O)c(/C=C2/C=Nc3ccc(Br)cc32)[nH]1. The number of nitrogens with zero attached hydrogens (tertiary/aromatic N) is 1. The fourth-order valence-corrected chi connectivity index (χ4v) is 2.18. The monoisotopic (exact) mass is 305 g/mol. The van der Waals surface area contributed by atoms with Gasteiger partial charge in [-0.15, -0.1) is 0 Å². The summed E-state index contributed by atoms with van der Waals surface area (Å²) in [6.45, 7) is 0. The molecule has 2 heterocycles. The minimum atomic E-state index is -0.441. The predicted molar refractivity (Wildman–Crippen MR) is 73.2 cm³/mol. The van der Waals surface area contributed by atoms with Crippen LogP contribution in [0.2, 0.25) is 0 Å². The van der Waals surface area contributed by atoms with Crippen molar-refractivity contribution in [2.75, 3.05) is 0 Å². The Labute approximate surface area is 110 Å². The number of aromatic amines is 2. The van der Waals surface area contributed by atoms with E-state index < -0.39 is 5.69 Å². The lowest BCUT2D eigenvalue weighted by Crippen LogP contribution is -2.00. The zero-order valence-corrected chi connectivity index (χ0v) is 10.7. The van der Waals surface area contributed by atoms with Crippen LogP contribution in [-0.2, 0) is 0 Å². The largest absolute Gasteiger partial charge is 0.493 e. The summed E-state index contributed by atoms with van der Waals surface area (Å²) in [5.74, 6) is -0.177. The average molecular weight is 306 g/mol. The Morgan fingerprint density at radius 3 is 2.89 bits per heavy atom. The van der Waals surface area contributed by atoms with E-state index in [1.54, 1.807) is 12.3 Å². The number of fused-ring (bicyclic) bond motifs is 1. The van der Waals surface area contributed by atoms with Gasteiger partial charge >= 0.3 is 5.69 Å². The van der Waals surface area contributed by atoms with Gasteiger partial charge in [0.25, 0.3) is 0 Å². The summed E-state index contributed by atoms with van der Waals surface area (Å²) >= 11 is 3.40. The molecule has 0 atom stereocenters. The number of halogens is 1. The van der Waals surface area contributed by atoms with Crippen molar-refractivity contribution in [3.63, 3.8) is 0 Å². The number of aromatic hydroxyl groups is 1. The molecule has 0 bridgehead atoms. The minimum absolute atomic E-state index is 0.177. The molecule has 0 spiro atoms. The molecule has 1 aromatic carbocycles. The Morgan fingerprint density at radius 2 is 2.17 bits per heavy atom. The molecule has 0 radical (unpaired) electrons. The molecule has 0 saturated carbocycles. The van der Waals surface area contributed by atoms with E-state index in [0.29, 0.717) is 5.69 Å². The highest BCUT2D eigenvalue weighted by Crippen LogP contribution is 2.34. The summed E-state index contributed by atoms with van der Waals surface area (Å²) in [6, 6.07) is 5.75. The number of nitrogens with one attached hydrogen (secondary N) is 2. The average Bonchev–Trinajstić information content (AvgIpc) is 2.84. The van der Waals surface area contributed by atoms with Gasteiger partial charge in [-0.1, -0.05) is 15.9 Å². The van der Waals surface area contributed by atoms with Crippen LogP contribution in [0.15, 0.2) is 32.5 Å². The Kier molecular flexibility index (Phi) is 2.45. The lowest BCUT2D eigenvalue weighted by Gasteiger charge is -2.00. The van der Waals surface area contributed by atoms with Gasteiger partial charge in [-0.2, -0.15) is 0 Å². The normalized spacial score (nSPS) is 15.3. The third kappa shape index (κ3) is 1.80. The molecule has 1 aromatic heterocycles. The van der Waals surface area contributed by atoms with Crippen molar-refractivity contribution >= 4 is 39.5 Å². The van der Waals surface area contributed by atoms with Crippen LogP contribution in [0.25, 0.3) is 11.6 Å². The minimum Gasteiger partial charge on any atom is -0.493 e. The van der Waals surface area contributed by atoms with Crippen LogP contribution in [0.5, 0.6) is 5.88 Å². The van der Waals surface area contributed by atoms with Gasteiger partial charge in [0, 0.05) is 21.8 Å². The van der Waals surface area contributed by atoms with Gasteiger partial charge in [0.2, 0.25) is 5.88 Å². The highest BCUT2D eigenvalue weighted by Gasteiger charge is 2.13. The number of aliphatic imine (C=N–C) groups is 1. The van der Waals surface area contributed by atoms with Gasteiger partial charge in [-0.05, 0) is 24.3 Å². The van der Waals surface area contributed by atoms with Gasteiger partial charge in [-0.25, -0.2) is 4.79 Å². The van der Waals surface area contributed by atoms with E-state index in [1.807, 2.05) is 18.2 Å². The van der Waals surface area contributed by atoms with Crippen molar-refractivity contribution in [1.82, 2.24) is 9.97 Å². The van der Waals surface area contributed by atoms with Crippen molar-refractivity contribution in [2.45, 2.75) is 0 Å². The van der Waals surface area contributed by atoms with Crippen LogP contribution in [0.3, 0.4) is 0 Å². The van der Waals surface area contributed by atoms with Gasteiger partial charge in [0.05, 0.1) is 5.69 Å². The van der Waals surface area contributed by atoms with Crippen molar-refractivity contribution in [3.05, 3.63) is 44.4 Å². The molecular weight excluding hydrogens is 298 g/mol. The molecule has 0 aliphatic carbocycles. The molecule has 1 aliphatic heterocycles. The van der Waals surface area contributed by atoms with Crippen LogP contribution in [-0.4, -0.2) is 21.3 Å². The van der Waals surface area contributed by atoms with Crippen LogP contribution >= 0.6 is 15.9 Å². The van der Waals surface area contributed by atoms with E-state index in [0.717, 1.165) is 21.3 Å². The summed E-state index contributed by atoms with van der Waals surface area (Å²) in [7, 11) is 0. The molecule has 18 heavy (non-hydrogen) atoms. The molecule has 2 aromatic rings. The zero-order valence-electron chi connectivity index (χ0n) is 9.07. The zero-order chi connectivity index (χ0) is 12.7. The van der Waals surface area contributed by atoms with E-state index in [4.69, 9.17) is 0 Å². The molecule has 0 fully saturated rings. The maximum atomic E-state index is 11.0. The summed E-state index contributed by atoms with van der Waals surface area (Å²) in [5.41, 5.74) is 2.54. The quantitative estimate of drug-likeness (QED) is 0.756. The Balaban J connectivity index is 2.11. The van der Waals surface area contributed by atoms with E-state index >= 15 is 0 Å². The molecule has 1 aliphatic rings. The number of benzene rings is 1. The van der Waals surface area contributed by atoms with Crippen molar-refractivity contribution in [1.29, 1.82) is 0 Å². The Hall–Kier alpha value is -2.08. The van der Waals surface area contributed by atoms with Crippen LogP contribution in [0.4, 0.5) is 5.69 Å². The lowest BCUT2D eigenvalue weighted by molar-refractivity contribution is 0.454. The smallest absolute Gasteiger partial charge is 0.326 e. The van der Waals surface area contributed by atoms with Crippen LogP contribution in [0.1, 0.15) is 11.3 Å². The number of imidazole rings is 1. The maximum Gasteiger partial charge on any atom is 0.326 e. The number of rotatable bonds is 1. The summed E-state index contributed by atoms with van der Waals surface area (Å²) < 4.78 is 0.949. The summed E-state index contributed by atoms with van der Waals surface area (Å²) in [5, 5.41) is 9.51. The summed E-state index contributed by atoms with van der Waals surface area (Å²) in [6.07, 6.45) is 3.37. The lowest BCUT2D eigenvalue weighted by atomic mass is 10.1. The maximum absolute atomic E-state index is 11.0. The number of hydrogen-bond donors (Lipinski definition) is 3. The molecule has 90 valence electrons. The topological polar surface area (TPSA) is 81.2 Å². The van der Waals surface area contributed by atoms with Gasteiger partial charge in [-0.3, -0.25) is 9.98 Å². The first kappa shape index (κ1) is 11.0. The number of allylic oxidation sites excluding steroid dienone is 1. The van der Waals surface area contributed by atoms with Crippen molar-refractivity contribution in [3.8, 4) is 5.88 Å². The first-order valence-electron chi connectivity index (χ1n) is 5.20. The van der Waals surface area contributed by atoms with E-state index in [1.165, 1.54) is 0 Å². The van der Waals surface area contributed by atoms with E-state index in [2.05, 4.69) is 30.9 Å². The first-order chi connectivity index (χ1) is 8.63.